The molecule has 9 nitrogen and oxygen atoms in total. The van der Waals surface area contributed by atoms with Gasteiger partial charge in [-0.3, -0.25) is 14.4 Å². The molecule has 2 unspecified atom stereocenters. The summed E-state index contributed by atoms with van der Waals surface area (Å²) in [5, 5.41) is 16.5. The first-order valence-corrected chi connectivity index (χ1v) is 15.5. The second-order valence-corrected chi connectivity index (χ2v) is 14.0. The first kappa shape index (κ1) is 30.2. The van der Waals surface area contributed by atoms with Gasteiger partial charge in [-0.25, -0.2) is 0 Å². The lowest BCUT2D eigenvalue weighted by atomic mass is 9.66. The van der Waals surface area contributed by atoms with Crippen LogP contribution in [-0.4, -0.2) is 69.6 Å². The van der Waals surface area contributed by atoms with Gasteiger partial charge in [-0.15, -0.1) is 11.8 Å². The number of rotatable bonds is 11. The molecule has 3 N–H and O–H groups in total. The maximum atomic E-state index is 14.4. The number of thioether (sulfide) groups is 1. The van der Waals surface area contributed by atoms with E-state index in [1.165, 1.54) is 0 Å². The molecular weight excluding hydrogens is 554 g/mol. The fraction of sp³-hybridized carbons (Fsp3) is 0.531. The summed E-state index contributed by atoms with van der Waals surface area (Å²) in [5.74, 6) is -0.500. The molecular formula is C32H41N3O6S. The number of carbonyl (C=O) groups is 3. The molecule has 5 rings (SSSR count). The van der Waals surface area contributed by atoms with E-state index in [0.717, 1.165) is 0 Å². The minimum atomic E-state index is -0.830. The minimum absolute atomic E-state index is 0.193. The summed E-state index contributed by atoms with van der Waals surface area (Å²) in [6.07, 6.45) is 1.88. The number of carbonyl (C=O) groups excluding carboxylic acids is 3. The lowest BCUT2D eigenvalue weighted by molar-refractivity contribution is -0.142. The Morgan fingerprint density at radius 2 is 1.62 bits per heavy atom. The number of ether oxygens (including phenoxy) is 2. The second kappa shape index (κ2) is 11.8. The molecule has 0 aliphatic carbocycles. The maximum absolute atomic E-state index is 14.4. The summed E-state index contributed by atoms with van der Waals surface area (Å²) >= 11 is 1.61. The van der Waals surface area contributed by atoms with Crippen molar-refractivity contribution in [3.8, 4) is 11.5 Å². The minimum Gasteiger partial charge on any atom is -0.497 e. The average molecular weight is 596 g/mol. The van der Waals surface area contributed by atoms with E-state index in [4.69, 9.17) is 9.47 Å². The van der Waals surface area contributed by atoms with Crippen molar-refractivity contribution in [2.24, 2.45) is 17.8 Å². The van der Waals surface area contributed by atoms with Crippen LogP contribution in [0.5, 0.6) is 11.5 Å². The number of fused-ring (bicyclic) bond motifs is 1. The third-order valence-electron chi connectivity index (χ3n) is 8.88. The number of methoxy groups -OCH3 is 1. The number of nitrogens with one attached hydrogen (secondary N) is 2. The Bertz CT molecular complexity index is 1320. The fourth-order valence-corrected chi connectivity index (χ4v) is 9.53. The van der Waals surface area contributed by atoms with Crippen LogP contribution in [0.15, 0.2) is 48.5 Å². The Morgan fingerprint density at radius 1 is 1.02 bits per heavy atom. The van der Waals surface area contributed by atoms with Crippen molar-refractivity contribution in [2.75, 3.05) is 31.0 Å². The van der Waals surface area contributed by atoms with Gasteiger partial charge in [-0.05, 0) is 87.6 Å². The van der Waals surface area contributed by atoms with E-state index in [-0.39, 0.29) is 30.2 Å². The Kier molecular flexibility index (Phi) is 8.49. The maximum Gasteiger partial charge on any atom is 0.248 e. The Balaban J connectivity index is 1.49. The number of hydrogen-bond acceptors (Lipinski definition) is 7. The van der Waals surface area contributed by atoms with Gasteiger partial charge in [-0.2, -0.15) is 0 Å². The molecule has 2 aromatic carbocycles. The Hall–Kier alpha value is -3.24. The van der Waals surface area contributed by atoms with E-state index in [2.05, 4.69) is 10.6 Å². The predicted molar refractivity (Wildman–Crippen MR) is 164 cm³/mol. The van der Waals surface area contributed by atoms with E-state index in [1.54, 1.807) is 72.3 Å². The van der Waals surface area contributed by atoms with Crippen LogP contribution in [0.3, 0.4) is 0 Å². The smallest absolute Gasteiger partial charge is 0.248 e. The van der Waals surface area contributed by atoms with E-state index < -0.39 is 33.4 Å². The van der Waals surface area contributed by atoms with Crippen molar-refractivity contribution in [1.29, 1.82) is 0 Å². The Labute approximate surface area is 251 Å². The molecule has 10 heteroatoms. The van der Waals surface area contributed by atoms with Crippen LogP contribution in [0.4, 0.5) is 11.4 Å². The molecule has 2 aromatic rings. The largest absolute Gasteiger partial charge is 0.497 e. The van der Waals surface area contributed by atoms with Gasteiger partial charge in [-0.1, -0.05) is 13.8 Å². The highest BCUT2D eigenvalue weighted by Gasteiger charge is 2.77. The summed E-state index contributed by atoms with van der Waals surface area (Å²) in [6.45, 7) is 8.30. The summed E-state index contributed by atoms with van der Waals surface area (Å²) in [5.41, 5.74) is 1.21. The first-order chi connectivity index (χ1) is 20.1. The number of anilines is 2. The van der Waals surface area contributed by atoms with Gasteiger partial charge in [0, 0.05) is 16.1 Å². The third kappa shape index (κ3) is 5.24. The summed E-state index contributed by atoms with van der Waals surface area (Å²) in [7, 11) is 1.58. The molecule has 0 aromatic heterocycles. The SMILES string of the molecule is CCOc1ccc(NC(=O)[C@H]2[C@H]3C(=O)N([C@@H](CO)CC(C)C)C(C(=O)Nc4ccc(OC)cc4)C34CC[C@]2(C)S4)cc1. The van der Waals surface area contributed by atoms with E-state index in [9.17, 15) is 19.5 Å². The van der Waals surface area contributed by atoms with Crippen molar-refractivity contribution in [2.45, 2.75) is 68.5 Å². The molecule has 0 saturated carbocycles. The highest BCUT2D eigenvalue weighted by atomic mass is 32.2. The molecule has 3 amide bonds. The molecule has 3 heterocycles. The van der Waals surface area contributed by atoms with Crippen molar-refractivity contribution in [1.82, 2.24) is 4.90 Å². The molecule has 42 heavy (non-hydrogen) atoms. The van der Waals surface area contributed by atoms with Crippen molar-refractivity contribution in [3.05, 3.63) is 48.5 Å². The summed E-state index contributed by atoms with van der Waals surface area (Å²) in [4.78, 5) is 44.2. The number of aliphatic hydroxyl groups excluding tert-OH is 1. The fourth-order valence-electron chi connectivity index (χ4n) is 7.18. The quantitative estimate of drug-likeness (QED) is 0.349. The van der Waals surface area contributed by atoms with Crippen molar-refractivity contribution in [3.63, 3.8) is 0 Å². The number of hydrogen-bond donors (Lipinski definition) is 3. The topological polar surface area (TPSA) is 117 Å². The predicted octanol–water partition coefficient (Wildman–Crippen LogP) is 4.56. The zero-order valence-corrected chi connectivity index (χ0v) is 25.7. The zero-order chi connectivity index (χ0) is 30.2. The van der Waals surface area contributed by atoms with Gasteiger partial charge < -0.3 is 30.1 Å². The average Bonchev–Trinajstić information content (AvgIpc) is 3.53. The molecule has 3 fully saturated rings. The van der Waals surface area contributed by atoms with E-state index in [0.29, 0.717) is 48.7 Å². The van der Waals surface area contributed by atoms with Gasteiger partial charge >= 0.3 is 0 Å². The lowest BCUT2D eigenvalue weighted by Gasteiger charge is -2.37. The molecule has 6 atom stereocenters. The lowest BCUT2D eigenvalue weighted by Crippen LogP contribution is -2.55. The number of aliphatic hydroxyl groups is 1. The zero-order valence-electron chi connectivity index (χ0n) is 24.9. The molecule has 226 valence electrons. The Morgan fingerprint density at radius 3 is 2.17 bits per heavy atom. The van der Waals surface area contributed by atoms with Crippen LogP contribution in [0.2, 0.25) is 0 Å². The molecule has 3 aliphatic heterocycles. The first-order valence-electron chi connectivity index (χ1n) is 14.7. The van der Waals surface area contributed by atoms with Gasteiger partial charge in [0.15, 0.2) is 0 Å². The molecule has 3 aliphatic rings. The van der Waals surface area contributed by atoms with Gasteiger partial charge in [0.05, 0.1) is 42.9 Å². The number of amides is 3. The highest BCUT2D eigenvalue weighted by Crippen LogP contribution is 2.71. The van der Waals surface area contributed by atoms with Crippen LogP contribution >= 0.6 is 11.8 Å². The summed E-state index contributed by atoms with van der Waals surface area (Å²) in [6, 6.07) is 12.9. The molecule has 3 saturated heterocycles. The number of benzene rings is 2. The monoisotopic (exact) mass is 595 g/mol. The van der Waals surface area contributed by atoms with Crippen LogP contribution in [-0.2, 0) is 14.4 Å². The van der Waals surface area contributed by atoms with Gasteiger partial charge in [0.1, 0.15) is 17.5 Å². The second-order valence-electron chi connectivity index (χ2n) is 12.1. The van der Waals surface area contributed by atoms with E-state index in [1.807, 2.05) is 27.7 Å². The van der Waals surface area contributed by atoms with E-state index >= 15 is 0 Å². The normalized spacial score (nSPS) is 28.5. The van der Waals surface area contributed by atoms with Crippen LogP contribution < -0.4 is 20.1 Å². The van der Waals surface area contributed by atoms with Crippen molar-refractivity contribution >= 4 is 40.9 Å². The van der Waals surface area contributed by atoms with Crippen LogP contribution in [0.1, 0.15) is 47.0 Å². The number of likely N-dealkylation sites (tertiary alicyclic amines) is 1. The van der Waals surface area contributed by atoms with Crippen LogP contribution in [0.25, 0.3) is 0 Å². The number of nitrogens with zero attached hydrogens (tertiary/aromatic N) is 1. The summed E-state index contributed by atoms with van der Waals surface area (Å²) < 4.78 is 9.48. The molecule has 0 radical (unpaired) electrons. The van der Waals surface area contributed by atoms with Crippen molar-refractivity contribution < 1.29 is 29.0 Å². The third-order valence-corrected chi connectivity index (χ3v) is 10.9. The van der Waals surface area contributed by atoms with Crippen LogP contribution in [0, 0.1) is 17.8 Å². The highest BCUT2D eigenvalue weighted by molar-refractivity contribution is 8.02. The molecule has 2 bridgehead atoms. The standard InChI is InChI=1S/C32H41N3O6S/c1-6-41-24-13-9-20(10-14-24)33-28(37)25-26-30(39)35(22(18-36)17-19(2)3)27(32(26)16-15-31(25,4)42-32)29(38)34-21-7-11-23(40-5)12-8-21/h7-14,19,22,25-27,36H,6,15-18H2,1-5H3,(H,33,37)(H,34,38)/t22-,25-,26+,27?,31+,32?/m1/s1. The van der Waals surface area contributed by atoms with Gasteiger partial charge in [0.2, 0.25) is 17.7 Å². The molecule has 1 spiro atoms. The van der Waals surface area contributed by atoms with Gasteiger partial charge in [0.25, 0.3) is 0 Å².